The Labute approximate surface area is 186 Å². The number of nitrogens with zero attached hydrogens (tertiary/aromatic N) is 1. The number of ether oxygens (including phenoxy) is 1. The van der Waals surface area contributed by atoms with Gasteiger partial charge in [0.25, 0.3) is 0 Å². The first-order valence-corrected chi connectivity index (χ1v) is 12.8. The fraction of sp³-hybridized carbons (Fsp3) is 0.815. The highest BCUT2D eigenvalue weighted by atomic mass is 16.5. The zero-order valence-electron chi connectivity index (χ0n) is 19.5. The summed E-state index contributed by atoms with van der Waals surface area (Å²) in [5, 5.41) is 0. The van der Waals surface area contributed by atoms with E-state index in [9.17, 15) is 4.79 Å². The number of unbranched alkanes of at least 4 members (excludes halogenated alkanes) is 5. The van der Waals surface area contributed by atoms with E-state index in [4.69, 9.17) is 4.74 Å². The van der Waals surface area contributed by atoms with E-state index in [0.29, 0.717) is 18.9 Å². The summed E-state index contributed by atoms with van der Waals surface area (Å²) in [4.78, 5) is 14.3. The topological polar surface area (TPSA) is 29.5 Å². The smallest absolute Gasteiger partial charge is 0.305 e. The molecule has 0 spiro atoms. The maximum atomic E-state index is 11.9. The van der Waals surface area contributed by atoms with Crippen LogP contribution in [0.3, 0.4) is 0 Å². The second-order valence-electron chi connectivity index (χ2n) is 9.15. The molecule has 2 atom stereocenters. The van der Waals surface area contributed by atoms with Gasteiger partial charge in [-0.05, 0) is 70.4 Å². The molecule has 0 aromatic rings. The van der Waals surface area contributed by atoms with Crippen molar-refractivity contribution < 1.29 is 9.53 Å². The molecule has 170 valence electrons. The normalized spacial score (nSPS) is 22.2. The number of rotatable bonds is 13. The van der Waals surface area contributed by atoms with Crippen molar-refractivity contribution in [3.8, 4) is 11.8 Å². The van der Waals surface area contributed by atoms with Crippen molar-refractivity contribution in [2.45, 2.75) is 103 Å². The van der Waals surface area contributed by atoms with Crippen molar-refractivity contribution in [3.63, 3.8) is 0 Å². The molecule has 0 aromatic heterocycles. The Bertz CT molecular complexity index is 539. The Hall–Kier alpha value is -1.27. The van der Waals surface area contributed by atoms with Crippen molar-refractivity contribution in [2.75, 3.05) is 26.2 Å². The predicted molar refractivity (Wildman–Crippen MR) is 126 cm³/mol. The third-order valence-electron chi connectivity index (χ3n) is 6.58. The molecule has 1 heterocycles. The number of allylic oxidation sites excluding steroid dienone is 2. The molecule has 2 fully saturated rings. The van der Waals surface area contributed by atoms with Gasteiger partial charge in [-0.2, -0.15) is 0 Å². The number of hydrogen-bond donors (Lipinski definition) is 0. The van der Waals surface area contributed by atoms with Crippen LogP contribution in [-0.4, -0.2) is 37.1 Å². The van der Waals surface area contributed by atoms with Crippen LogP contribution in [0.1, 0.15) is 103 Å². The van der Waals surface area contributed by atoms with E-state index in [1.54, 1.807) is 0 Å². The summed E-state index contributed by atoms with van der Waals surface area (Å²) in [5.41, 5.74) is 0. The maximum absolute atomic E-state index is 11.9. The highest BCUT2D eigenvalue weighted by Gasteiger charge is 2.24. The minimum absolute atomic E-state index is 0.0366. The standard InChI is InChI=1S/C27H45NO2/c1-2-3-4-5-6-10-16-25-18-15-19-26(25)17-11-7-8-12-20-27(29)30-24-23-28-21-13-9-14-22-28/h7,11,25-26H,2-6,8-9,12-15,17-24H2,1H3/t25-,26-/m0/s1. The van der Waals surface area contributed by atoms with Crippen molar-refractivity contribution in [2.24, 2.45) is 11.8 Å². The van der Waals surface area contributed by atoms with Crippen LogP contribution in [0.2, 0.25) is 0 Å². The second-order valence-corrected chi connectivity index (χ2v) is 9.15. The molecule has 1 aliphatic heterocycles. The molecule has 2 rings (SSSR count). The fourth-order valence-corrected chi connectivity index (χ4v) is 4.65. The summed E-state index contributed by atoms with van der Waals surface area (Å²) in [5.74, 6) is 8.33. The van der Waals surface area contributed by atoms with Gasteiger partial charge in [0, 0.05) is 25.3 Å². The molecule has 0 N–H and O–H groups in total. The van der Waals surface area contributed by atoms with E-state index in [1.165, 1.54) is 64.2 Å². The molecular weight excluding hydrogens is 370 g/mol. The van der Waals surface area contributed by atoms with Crippen LogP contribution >= 0.6 is 0 Å². The van der Waals surface area contributed by atoms with Gasteiger partial charge in [-0.25, -0.2) is 0 Å². The van der Waals surface area contributed by atoms with Gasteiger partial charge in [-0.1, -0.05) is 57.1 Å². The Morgan fingerprint density at radius 1 is 1.03 bits per heavy atom. The molecule has 1 aliphatic carbocycles. The molecule has 0 radical (unpaired) electrons. The second kappa shape index (κ2) is 16.4. The van der Waals surface area contributed by atoms with E-state index < -0.39 is 0 Å². The van der Waals surface area contributed by atoms with Crippen molar-refractivity contribution >= 4 is 5.97 Å². The van der Waals surface area contributed by atoms with Gasteiger partial charge in [0.05, 0.1) is 0 Å². The van der Waals surface area contributed by atoms with Crippen molar-refractivity contribution in [1.29, 1.82) is 0 Å². The van der Waals surface area contributed by atoms with Crippen molar-refractivity contribution in [1.82, 2.24) is 4.90 Å². The molecule has 3 nitrogen and oxygen atoms in total. The number of hydrogen-bond acceptors (Lipinski definition) is 3. The quantitative estimate of drug-likeness (QED) is 0.148. The van der Waals surface area contributed by atoms with Gasteiger partial charge < -0.3 is 4.74 Å². The van der Waals surface area contributed by atoms with E-state index >= 15 is 0 Å². The highest BCUT2D eigenvalue weighted by Crippen LogP contribution is 2.34. The van der Waals surface area contributed by atoms with Crippen LogP contribution in [0.25, 0.3) is 0 Å². The minimum atomic E-state index is -0.0366. The highest BCUT2D eigenvalue weighted by molar-refractivity contribution is 5.69. The lowest BCUT2D eigenvalue weighted by molar-refractivity contribution is -0.144. The lowest BCUT2D eigenvalue weighted by Gasteiger charge is -2.25. The van der Waals surface area contributed by atoms with E-state index in [1.807, 2.05) is 0 Å². The lowest BCUT2D eigenvalue weighted by atomic mass is 9.93. The molecule has 1 saturated heterocycles. The predicted octanol–water partition coefficient (Wildman–Crippen LogP) is 6.52. The lowest BCUT2D eigenvalue weighted by Crippen LogP contribution is -2.33. The van der Waals surface area contributed by atoms with Gasteiger partial charge in [-0.3, -0.25) is 9.69 Å². The molecule has 0 bridgehead atoms. The average Bonchev–Trinajstić information content (AvgIpc) is 3.21. The maximum Gasteiger partial charge on any atom is 0.305 e. The number of carbonyl (C=O) groups is 1. The third-order valence-corrected chi connectivity index (χ3v) is 6.58. The summed E-state index contributed by atoms with van der Waals surface area (Å²) in [6.07, 6.45) is 22.3. The van der Waals surface area contributed by atoms with Gasteiger partial charge in [0.15, 0.2) is 0 Å². The summed E-state index contributed by atoms with van der Waals surface area (Å²) < 4.78 is 5.40. The molecule has 30 heavy (non-hydrogen) atoms. The van der Waals surface area contributed by atoms with Crippen LogP contribution in [0.15, 0.2) is 12.2 Å². The zero-order chi connectivity index (χ0) is 21.3. The van der Waals surface area contributed by atoms with E-state index in [-0.39, 0.29) is 5.97 Å². The Morgan fingerprint density at radius 2 is 1.90 bits per heavy atom. The molecule has 3 heteroatoms. The Kier molecular flexibility index (Phi) is 13.7. The van der Waals surface area contributed by atoms with Crippen LogP contribution in [0.5, 0.6) is 0 Å². The minimum Gasteiger partial charge on any atom is -0.464 e. The first kappa shape index (κ1) is 25.0. The SMILES string of the molecule is CCCCCCC#C[C@H]1CCC[C@@H]1CC=CCCCC(=O)OCCN1CCCCC1. The largest absolute Gasteiger partial charge is 0.464 e. The Balaban J connectivity index is 1.48. The molecule has 2 aliphatic rings. The summed E-state index contributed by atoms with van der Waals surface area (Å²) in [7, 11) is 0. The number of carbonyl (C=O) groups excluding carboxylic acids is 1. The van der Waals surface area contributed by atoms with Crippen LogP contribution in [0, 0.1) is 23.7 Å². The molecule has 1 saturated carbocycles. The average molecular weight is 416 g/mol. The van der Waals surface area contributed by atoms with Crippen LogP contribution < -0.4 is 0 Å². The van der Waals surface area contributed by atoms with Gasteiger partial charge in [-0.15, -0.1) is 5.92 Å². The van der Waals surface area contributed by atoms with E-state index in [2.05, 4.69) is 35.8 Å². The third kappa shape index (κ3) is 11.2. The number of esters is 1. The molecule has 0 aromatic carbocycles. The van der Waals surface area contributed by atoms with Crippen LogP contribution in [-0.2, 0) is 9.53 Å². The van der Waals surface area contributed by atoms with Crippen molar-refractivity contribution in [3.05, 3.63) is 12.2 Å². The van der Waals surface area contributed by atoms with Gasteiger partial charge in [0.1, 0.15) is 6.61 Å². The number of likely N-dealkylation sites (tertiary alicyclic amines) is 1. The summed E-state index contributed by atoms with van der Waals surface area (Å²) in [6.45, 7) is 6.03. The molecule has 0 unspecified atom stereocenters. The summed E-state index contributed by atoms with van der Waals surface area (Å²) in [6, 6.07) is 0. The monoisotopic (exact) mass is 415 g/mol. The van der Waals surface area contributed by atoms with Gasteiger partial charge in [0.2, 0.25) is 0 Å². The first-order chi connectivity index (χ1) is 14.8. The number of piperidine rings is 1. The van der Waals surface area contributed by atoms with E-state index in [0.717, 1.165) is 51.2 Å². The first-order valence-electron chi connectivity index (χ1n) is 12.8. The molecule has 0 amide bonds. The zero-order valence-corrected chi connectivity index (χ0v) is 19.5. The van der Waals surface area contributed by atoms with Gasteiger partial charge >= 0.3 is 5.97 Å². The Morgan fingerprint density at radius 3 is 2.73 bits per heavy atom. The molecular formula is C27H45NO2. The van der Waals surface area contributed by atoms with Crippen LogP contribution in [0.4, 0.5) is 0 Å². The summed E-state index contributed by atoms with van der Waals surface area (Å²) >= 11 is 0. The fourth-order valence-electron chi connectivity index (χ4n) is 4.65.